The molecule has 1 amide bonds. The van der Waals surface area contributed by atoms with Crippen LogP contribution in [0.25, 0.3) is 0 Å². The number of alkyl halides is 3. The number of rotatable bonds is 7. The molecule has 31 heavy (non-hydrogen) atoms. The third-order valence-corrected chi connectivity index (χ3v) is 6.32. The van der Waals surface area contributed by atoms with Gasteiger partial charge in [0.1, 0.15) is 11.6 Å². The van der Waals surface area contributed by atoms with Gasteiger partial charge < -0.3 is 15.4 Å². The average Bonchev–Trinajstić information content (AvgIpc) is 3.42. The van der Waals surface area contributed by atoms with Crippen molar-refractivity contribution in [3.05, 3.63) is 46.1 Å². The third-order valence-electron chi connectivity index (χ3n) is 5.66. The molecule has 1 aromatic heterocycles. The van der Waals surface area contributed by atoms with Gasteiger partial charge in [-0.2, -0.15) is 0 Å². The van der Waals surface area contributed by atoms with Crippen LogP contribution in [0.4, 0.5) is 24.7 Å². The fraction of sp³-hybridized carbons (Fsp3) is 0.455. The molecular formula is C22H23BrF3N3O2. The van der Waals surface area contributed by atoms with Crippen molar-refractivity contribution in [3.8, 4) is 5.75 Å². The molecule has 2 aliphatic rings. The first-order chi connectivity index (χ1) is 14.8. The minimum atomic E-state index is -4.75. The Bertz CT molecular complexity index is 958. The number of benzene rings is 1. The van der Waals surface area contributed by atoms with E-state index in [1.807, 2.05) is 6.07 Å². The maximum absolute atomic E-state index is 12.7. The highest BCUT2D eigenvalue weighted by atomic mass is 79.9. The number of nitrogens with zero attached hydrogens (tertiary/aromatic N) is 1. The zero-order chi connectivity index (χ0) is 22.0. The average molecular weight is 498 g/mol. The number of halogens is 4. The number of carbonyl (C=O) groups is 1. The number of ether oxygens (including phenoxy) is 1. The maximum Gasteiger partial charge on any atom is 0.573 e. The minimum Gasteiger partial charge on any atom is -0.406 e. The van der Waals surface area contributed by atoms with Crippen LogP contribution < -0.4 is 15.4 Å². The van der Waals surface area contributed by atoms with Crippen LogP contribution in [0.1, 0.15) is 60.4 Å². The molecule has 0 bridgehead atoms. The van der Waals surface area contributed by atoms with Gasteiger partial charge in [-0.3, -0.25) is 4.79 Å². The van der Waals surface area contributed by atoms with E-state index in [0.717, 1.165) is 18.4 Å². The molecule has 1 aromatic carbocycles. The van der Waals surface area contributed by atoms with Crippen LogP contribution in [-0.2, 0) is 0 Å². The van der Waals surface area contributed by atoms with Crippen LogP contribution in [0, 0.1) is 5.92 Å². The van der Waals surface area contributed by atoms with Gasteiger partial charge in [-0.15, -0.1) is 13.2 Å². The molecule has 0 atom stereocenters. The summed E-state index contributed by atoms with van der Waals surface area (Å²) >= 11 is 3.26. The largest absolute Gasteiger partial charge is 0.573 e. The van der Waals surface area contributed by atoms with Gasteiger partial charge in [-0.1, -0.05) is 12.8 Å². The van der Waals surface area contributed by atoms with Crippen molar-refractivity contribution >= 4 is 33.3 Å². The first-order valence-corrected chi connectivity index (χ1v) is 11.2. The molecule has 2 aliphatic carbocycles. The summed E-state index contributed by atoms with van der Waals surface area (Å²) in [5.41, 5.74) is 2.09. The number of anilines is 2. The van der Waals surface area contributed by atoms with Gasteiger partial charge in [0.25, 0.3) is 5.91 Å². The summed E-state index contributed by atoms with van der Waals surface area (Å²) in [6.45, 7) is 0.697. The molecule has 2 aromatic rings. The number of aromatic nitrogens is 1. The summed E-state index contributed by atoms with van der Waals surface area (Å²) in [6, 6.07) is 5.80. The zero-order valence-corrected chi connectivity index (χ0v) is 18.4. The Morgan fingerprint density at radius 2 is 1.90 bits per heavy atom. The van der Waals surface area contributed by atoms with Gasteiger partial charge in [0, 0.05) is 17.2 Å². The molecule has 2 fully saturated rings. The number of pyridine rings is 1. The molecule has 4 rings (SSSR count). The van der Waals surface area contributed by atoms with Gasteiger partial charge in [0.15, 0.2) is 0 Å². The Morgan fingerprint density at radius 3 is 2.55 bits per heavy atom. The van der Waals surface area contributed by atoms with E-state index in [2.05, 4.69) is 36.3 Å². The molecule has 2 N–H and O–H groups in total. The van der Waals surface area contributed by atoms with E-state index in [0.29, 0.717) is 39.9 Å². The van der Waals surface area contributed by atoms with Crippen molar-refractivity contribution in [3.63, 3.8) is 0 Å². The van der Waals surface area contributed by atoms with E-state index in [1.165, 1.54) is 43.9 Å². The van der Waals surface area contributed by atoms with Gasteiger partial charge in [0.05, 0.1) is 11.3 Å². The SMILES string of the molecule is O=C(NCC1CCCC1)c1cnc(Nc2ccc(OC(F)(F)F)cc2Br)cc1C1CC1. The first-order valence-electron chi connectivity index (χ1n) is 10.4. The zero-order valence-electron chi connectivity index (χ0n) is 16.8. The van der Waals surface area contributed by atoms with E-state index < -0.39 is 6.36 Å². The smallest absolute Gasteiger partial charge is 0.406 e. The van der Waals surface area contributed by atoms with Crippen LogP contribution in [0.5, 0.6) is 5.75 Å². The third kappa shape index (κ3) is 5.90. The topological polar surface area (TPSA) is 63.2 Å². The second kappa shape index (κ2) is 9.06. The lowest BCUT2D eigenvalue weighted by atomic mass is 10.0. The summed E-state index contributed by atoms with van der Waals surface area (Å²) in [6.07, 6.45) is 3.68. The van der Waals surface area contributed by atoms with Crippen LogP contribution in [0.15, 0.2) is 34.9 Å². The van der Waals surface area contributed by atoms with Crippen LogP contribution in [-0.4, -0.2) is 23.8 Å². The predicted octanol–water partition coefficient (Wildman–Crippen LogP) is 6.28. The predicted molar refractivity (Wildman–Crippen MR) is 115 cm³/mol. The fourth-order valence-electron chi connectivity index (χ4n) is 3.94. The van der Waals surface area contributed by atoms with E-state index >= 15 is 0 Å². The van der Waals surface area contributed by atoms with Crippen molar-refractivity contribution in [2.24, 2.45) is 5.92 Å². The van der Waals surface area contributed by atoms with Crippen LogP contribution in [0.3, 0.4) is 0 Å². The van der Waals surface area contributed by atoms with Crippen molar-refractivity contribution in [1.82, 2.24) is 10.3 Å². The van der Waals surface area contributed by atoms with E-state index in [1.54, 1.807) is 6.20 Å². The number of nitrogens with one attached hydrogen (secondary N) is 2. The number of carbonyl (C=O) groups excluding carboxylic acids is 1. The van der Waals surface area contributed by atoms with Crippen LogP contribution >= 0.6 is 15.9 Å². The quantitative estimate of drug-likeness (QED) is 0.472. The first kappa shape index (κ1) is 21.9. The number of hydrogen-bond donors (Lipinski definition) is 2. The molecule has 5 nitrogen and oxygen atoms in total. The molecule has 0 unspecified atom stereocenters. The van der Waals surface area contributed by atoms with Crippen LogP contribution in [0.2, 0.25) is 0 Å². The lowest BCUT2D eigenvalue weighted by molar-refractivity contribution is -0.274. The highest BCUT2D eigenvalue weighted by molar-refractivity contribution is 9.10. The molecule has 166 valence electrons. The molecule has 0 radical (unpaired) electrons. The Morgan fingerprint density at radius 1 is 1.16 bits per heavy atom. The van der Waals surface area contributed by atoms with Crippen molar-refractivity contribution in [2.75, 3.05) is 11.9 Å². The molecular weight excluding hydrogens is 475 g/mol. The minimum absolute atomic E-state index is 0.0947. The molecule has 9 heteroatoms. The highest BCUT2D eigenvalue weighted by Gasteiger charge is 2.31. The highest BCUT2D eigenvalue weighted by Crippen LogP contribution is 2.42. The van der Waals surface area contributed by atoms with Crippen molar-refractivity contribution in [1.29, 1.82) is 0 Å². The molecule has 0 spiro atoms. The second-order valence-electron chi connectivity index (χ2n) is 8.11. The second-order valence-corrected chi connectivity index (χ2v) is 8.96. The van der Waals surface area contributed by atoms with E-state index in [9.17, 15) is 18.0 Å². The summed E-state index contributed by atoms with van der Waals surface area (Å²) in [5.74, 6) is 1.01. The summed E-state index contributed by atoms with van der Waals surface area (Å²) in [5, 5.41) is 6.16. The Balaban J connectivity index is 1.47. The Hall–Kier alpha value is -2.29. The van der Waals surface area contributed by atoms with E-state index in [4.69, 9.17) is 0 Å². The van der Waals surface area contributed by atoms with Crippen molar-refractivity contribution < 1.29 is 22.7 Å². The lowest BCUT2D eigenvalue weighted by Crippen LogP contribution is -2.29. The Labute approximate surface area is 186 Å². The molecule has 0 saturated heterocycles. The van der Waals surface area contributed by atoms with E-state index in [-0.39, 0.29) is 11.7 Å². The van der Waals surface area contributed by atoms with Crippen molar-refractivity contribution in [2.45, 2.75) is 50.8 Å². The number of hydrogen-bond acceptors (Lipinski definition) is 4. The fourth-order valence-corrected chi connectivity index (χ4v) is 4.40. The maximum atomic E-state index is 12.7. The summed E-state index contributed by atoms with van der Waals surface area (Å²) < 4.78 is 41.5. The van der Waals surface area contributed by atoms with Gasteiger partial charge in [0.2, 0.25) is 0 Å². The summed E-state index contributed by atoms with van der Waals surface area (Å²) in [4.78, 5) is 17.1. The van der Waals surface area contributed by atoms with Gasteiger partial charge >= 0.3 is 6.36 Å². The Kier molecular flexibility index (Phi) is 6.41. The number of amides is 1. The lowest BCUT2D eigenvalue weighted by Gasteiger charge is -2.15. The van der Waals surface area contributed by atoms with Gasteiger partial charge in [-0.05, 0) is 83.3 Å². The molecule has 1 heterocycles. The molecule has 2 saturated carbocycles. The monoisotopic (exact) mass is 497 g/mol. The molecule has 0 aliphatic heterocycles. The normalized spacial score (nSPS) is 16.9. The standard InChI is InChI=1S/C22H23BrF3N3O2/c23-18-9-15(31-22(24,25)26)7-8-19(18)29-20-10-16(14-5-6-14)17(12-27-20)21(30)28-11-13-3-1-2-4-13/h7-10,12-14H,1-6,11H2,(H,27,29)(H,28,30). The summed E-state index contributed by atoms with van der Waals surface area (Å²) in [7, 11) is 0. The van der Waals surface area contributed by atoms with Gasteiger partial charge in [-0.25, -0.2) is 4.98 Å².